The van der Waals surface area contributed by atoms with Crippen LogP contribution in [-0.4, -0.2) is 4.98 Å². The van der Waals surface area contributed by atoms with Crippen molar-refractivity contribution in [2.75, 3.05) is 0 Å². The maximum atomic E-state index is 7.04. The number of pyridine rings is 1. The second kappa shape index (κ2) is 14.2. The zero-order chi connectivity index (χ0) is 43.3. The minimum absolute atomic E-state index is 0.561. The molecule has 12 aromatic rings. The lowest BCUT2D eigenvalue weighted by Gasteiger charge is -2.39. The summed E-state index contributed by atoms with van der Waals surface area (Å²) in [7, 11) is 0. The van der Waals surface area contributed by atoms with Gasteiger partial charge in [0.25, 0.3) is 0 Å². The van der Waals surface area contributed by atoms with Gasteiger partial charge in [-0.2, -0.15) is 0 Å². The van der Waals surface area contributed by atoms with Gasteiger partial charge in [-0.1, -0.05) is 206 Å². The number of benzene rings is 11. The lowest BCUT2D eigenvalue weighted by molar-refractivity contribution is 0.437. The molecule has 306 valence electrons. The molecule has 0 fully saturated rings. The first-order valence-electron chi connectivity index (χ1n) is 22.8. The Morgan fingerprint density at radius 3 is 1.47 bits per heavy atom. The third kappa shape index (κ3) is 5.21. The molecule has 2 heterocycles. The molecule has 2 nitrogen and oxygen atoms in total. The van der Waals surface area contributed by atoms with E-state index >= 15 is 0 Å². The average Bonchev–Trinajstić information content (AvgIpc) is 3.68. The molecule has 1 aliphatic heterocycles. The van der Waals surface area contributed by atoms with Crippen LogP contribution in [0.2, 0.25) is 0 Å². The normalized spacial score (nSPS) is 13.1. The Kier molecular flexibility index (Phi) is 7.93. The summed E-state index contributed by atoms with van der Waals surface area (Å²) >= 11 is 0. The van der Waals surface area contributed by atoms with E-state index in [1.807, 2.05) is 0 Å². The number of fused-ring (bicyclic) bond motifs is 14. The van der Waals surface area contributed by atoms with Crippen LogP contribution in [0.25, 0.3) is 99.0 Å². The van der Waals surface area contributed by atoms with Crippen LogP contribution in [0, 0.1) is 0 Å². The Bertz CT molecular complexity index is 3860. The van der Waals surface area contributed by atoms with Crippen molar-refractivity contribution in [3.05, 3.63) is 259 Å². The van der Waals surface area contributed by atoms with Crippen LogP contribution in [0.3, 0.4) is 0 Å². The van der Waals surface area contributed by atoms with Crippen molar-refractivity contribution in [2.45, 2.75) is 5.41 Å². The molecule has 0 bridgehead atoms. The maximum Gasteiger partial charge on any atom is 0.132 e. The van der Waals surface area contributed by atoms with Crippen LogP contribution in [0.15, 0.2) is 237 Å². The zero-order valence-corrected chi connectivity index (χ0v) is 35.9. The van der Waals surface area contributed by atoms with Crippen LogP contribution in [0.1, 0.15) is 22.3 Å². The third-order valence-electron chi connectivity index (χ3n) is 14.3. The number of hydrogen-bond donors (Lipinski definition) is 0. The highest BCUT2D eigenvalue weighted by Gasteiger charge is 2.51. The molecule has 0 N–H and O–H groups in total. The van der Waals surface area contributed by atoms with Crippen molar-refractivity contribution in [3.8, 4) is 67.3 Å². The van der Waals surface area contributed by atoms with E-state index in [9.17, 15) is 0 Å². The van der Waals surface area contributed by atoms with E-state index in [1.54, 1.807) is 0 Å². The second-order valence-electron chi connectivity index (χ2n) is 17.7. The van der Waals surface area contributed by atoms with Crippen LogP contribution >= 0.6 is 0 Å². The number of rotatable bonds is 4. The molecule has 2 heteroatoms. The SMILES string of the molecule is c1ccc(-c2ccc(-c3c4ccccc4c(-c4cccc(-c5nc6ccccc6c6cc7c(cc56)Oc5ccccc5C75c6ccccc6-c6ccccc65)c4)c4ccccc34)cc2)cc1. The van der Waals surface area contributed by atoms with Crippen molar-refractivity contribution >= 4 is 43.2 Å². The monoisotopic (exact) mass is 837 g/mol. The lowest BCUT2D eigenvalue weighted by Crippen LogP contribution is -2.32. The molecule has 1 aliphatic carbocycles. The maximum absolute atomic E-state index is 7.04. The van der Waals surface area contributed by atoms with Crippen molar-refractivity contribution in [1.29, 1.82) is 0 Å². The van der Waals surface area contributed by atoms with Gasteiger partial charge in [0.1, 0.15) is 11.5 Å². The van der Waals surface area contributed by atoms with E-state index in [1.165, 1.54) is 71.6 Å². The molecule has 1 spiro atoms. The summed E-state index contributed by atoms with van der Waals surface area (Å²) in [5.74, 6) is 1.73. The van der Waals surface area contributed by atoms with E-state index in [2.05, 4.69) is 237 Å². The Balaban J connectivity index is 0.992. The summed E-state index contributed by atoms with van der Waals surface area (Å²) in [5, 5.41) is 8.22. The van der Waals surface area contributed by atoms with Crippen LogP contribution in [0.4, 0.5) is 0 Å². The van der Waals surface area contributed by atoms with Gasteiger partial charge in [0.2, 0.25) is 0 Å². The Labute approximate surface area is 382 Å². The first kappa shape index (κ1) is 36.8. The van der Waals surface area contributed by atoms with E-state index in [0.29, 0.717) is 0 Å². The lowest BCUT2D eigenvalue weighted by atomic mass is 9.65. The van der Waals surface area contributed by atoms with Crippen molar-refractivity contribution in [3.63, 3.8) is 0 Å². The van der Waals surface area contributed by atoms with E-state index < -0.39 is 5.41 Å². The summed E-state index contributed by atoms with van der Waals surface area (Å²) in [6, 6.07) is 86.2. The number of nitrogens with zero attached hydrogens (tertiary/aromatic N) is 1. The first-order valence-corrected chi connectivity index (χ1v) is 22.8. The standard InChI is InChI=1S/C64H39NO/c1-2-17-40(18-3-1)41-33-35-42(36-34-41)61-48-24-4-6-26-50(48)62(51-27-7-5-25-49(51)61)43-19-16-20-44(37-43)63-53-39-60-57(38-52(53)47-23-10-14-31-58(47)65-63)64(56-30-13-15-32-59(56)66-60)54-28-11-8-21-45(54)46-22-9-12-29-55(46)64/h1-39H. The summed E-state index contributed by atoms with van der Waals surface area (Å²) in [4.78, 5) is 5.51. The minimum atomic E-state index is -0.561. The molecule has 0 saturated heterocycles. The molecule has 0 atom stereocenters. The molecule has 0 saturated carbocycles. The van der Waals surface area contributed by atoms with Gasteiger partial charge < -0.3 is 4.74 Å². The minimum Gasteiger partial charge on any atom is -0.457 e. The predicted octanol–water partition coefficient (Wildman–Crippen LogP) is 16.8. The number of para-hydroxylation sites is 2. The summed E-state index contributed by atoms with van der Waals surface area (Å²) in [5.41, 5.74) is 17.0. The van der Waals surface area contributed by atoms with Crippen molar-refractivity contribution in [1.82, 2.24) is 4.98 Å². The molecular weight excluding hydrogens is 799 g/mol. The Hall–Kier alpha value is -8.59. The fraction of sp³-hybridized carbons (Fsp3) is 0.0156. The van der Waals surface area contributed by atoms with Gasteiger partial charge in [0, 0.05) is 27.5 Å². The highest BCUT2D eigenvalue weighted by molar-refractivity contribution is 6.22. The second-order valence-corrected chi connectivity index (χ2v) is 17.7. The van der Waals surface area contributed by atoms with Gasteiger partial charge in [-0.3, -0.25) is 0 Å². The van der Waals surface area contributed by atoms with Crippen molar-refractivity contribution < 1.29 is 4.74 Å². The third-order valence-corrected chi connectivity index (χ3v) is 14.3. The largest absolute Gasteiger partial charge is 0.457 e. The van der Waals surface area contributed by atoms with Gasteiger partial charge in [-0.05, 0) is 113 Å². The Morgan fingerprint density at radius 1 is 0.288 bits per heavy atom. The predicted molar refractivity (Wildman–Crippen MR) is 273 cm³/mol. The van der Waals surface area contributed by atoms with Gasteiger partial charge in [-0.25, -0.2) is 4.98 Å². The van der Waals surface area contributed by atoms with Crippen LogP contribution < -0.4 is 4.74 Å². The topological polar surface area (TPSA) is 22.1 Å². The van der Waals surface area contributed by atoms with E-state index in [-0.39, 0.29) is 0 Å². The number of aromatic nitrogens is 1. The zero-order valence-electron chi connectivity index (χ0n) is 35.9. The molecule has 11 aromatic carbocycles. The molecule has 0 radical (unpaired) electrons. The van der Waals surface area contributed by atoms with Gasteiger partial charge in [-0.15, -0.1) is 0 Å². The van der Waals surface area contributed by atoms with Crippen LogP contribution in [0.5, 0.6) is 11.5 Å². The molecule has 14 rings (SSSR count). The Morgan fingerprint density at radius 2 is 0.788 bits per heavy atom. The molecule has 66 heavy (non-hydrogen) atoms. The number of hydrogen-bond acceptors (Lipinski definition) is 2. The summed E-state index contributed by atoms with van der Waals surface area (Å²) in [6.07, 6.45) is 0. The summed E-state index contributed by atoms with van der Waals surface area (Å²) < 4.78 is 7.04. The number of ether oxygens (including phenoxy) is 1. The average molecular weight is 838 g/mol. The molecule has 0 amide bonds. The summed E-state index contributed by atoms with van der Waals surface area (Å²) in [6.45, 7) is 0. The highest BCUT2D eigenvalue weighted by atomic mass is 16.5. The van der Waals surface area contributed by atoms with E-state index in [4.69, 9.17) is 9.72 Å². The molecular formula is C64H39NO. The smallest absolute Gasteiger partial charge is 0.132 e. The molecule has 2 aliphatic rings. The quantitative estimate of drug-likeness (QED) is 0.130. The van der Waals surface area contributed by atoms with Gasteiger partial charge in [0.05, 0.1) is 16.6 Å². The van der Waals surface area contributed by atoms with Crippen LogP contribution in [-0.2, 0) is 5.41 Å². The fourth-order valence-corrected chi connectivity index (χ4v) is 11.6. The highest BCUT2D eigenvalue weighted by Crippen LogP contribution is 2.62. The van der Waals surface area contributed by atoms with E-state index in [0.717, 1.165) is 61.1 Å². The molecule has 0 unspecified atom stereocenters. The van der Waals surface area contributed by atoms with Gasteiger partial charge in [0.15, 0.2) is 0 Å². The fourth-order valence-electron chi connectivity index (χ4n) is 11.6. The van der Waals surface area contributed by atoms with Gasteiger partial charge >= 0.3 is 0 Å². The first-order chi connectivity index (χ1) is 32.7. The van der Waals surface area contributed by atoms with Crippen molar-refractivity contribution in [2.24, 2.45) is 0 Å². The molecule has 1 aromatic heterocycles.